The summed E-state index contributed by atoms with van der Waals surface area (Å²) in [7, 11) is 0. The summed E-state index contributed by atoms with van der Waals surface area (Å²) < 4.78 is -4.33. The van der Waals surface area contributed by atoms with E-state index in [4.69, 9.17) is 79.8 Å². The molecule has 0 fully saturated rings. The molecule has 0 saturated carbocycles. The van der Waals surface area contributed by atoms with Crippen LogP contribution in [0, 0.1) is 0 Å². The molecule has 2 N–H and O–H groups in total. The maximum absolute atomic E-state index is 9.62. The van der Waals surface area contributed by atoms with Crippen LogP contribution in [0.2, 0.25) is 0 Å². The van der Waals surface area contributed by atoms with E-state index in [-0.39, 0.29) is 16.8 Å². The van der Waals surface area contributed by atoms with Crippen molar-refractivity contribution in [1.29, 1.82) is 0 Å². The van der Waals surface area contributed by atoms with Gasteiger partial charge in [-0.2, -0.15) is 0 Å². The fourth-order valence-corrected chi connectivity index (χ4v) is 0. The van der Waals surface area contributed by atoms with Gasteiger partial charge in [0.25, 0.3) is 7.59 Å². The zero-order valence-corrected chi connectivity index (χ0v) is 11.9. The molecule has 0 amide bonds. The fourth-order valence-electron chi connectivity index (χ4n) is 0. The van der Waals surface area contributed by atoms with Gasteiger partial charge in [0.2, 0.25) is 0 Å². The second-order valence-electron chi connectivity index (χ2n) is 1.61. The molecule has 0 aromatic rings. The Kier molecular flexibility index (Phi) is 11.9. The smallest absolute Gasteiger partial charge is 0.356 e. The van der Waals surface area contributed by atoms with Crippen molar-refractivity contribution < 1.29 is 36.6 Å². The summed E-state index contributed by atoms with van der Waals surface area (Å²) in [4.78, 5) is 19.2. The molecule has 0 bridgehead atoms. The SMILES string of the molecule is O=C(O)C(Cl)(Cl)Cl.O=C(O)C(Cl)(Cl)Cl.[Co]. The number of halogens is 6. The number of carbonyl (C=O) groups is 2. The van der Waals surface area contributed by atoms with E-state index in [1.54, 1.807) is 0 Å². The molecular weight excluding hydrogens is 384 g/mol. The Hall–Kier alpha value is 1.19. The van der Waals surface area contributed by atoms with Gasteiger partial charge in [0, 0.05) is 16.8 Å². The molecule has 0 heterocycles. The van der Waals surface area contributed by atoms with Crippen LogP contribution in [0.5, 0.6) is 0 Å². The molecule has 0 aliphatic rings. The van der Waals surface area contributed by atoms with Gasteiger partial charge in [-0.25, -0.2) is 9.59 Å². The van der Waals surface area contributed by atoms with Gasteiger partial charge in [-0.1, -0.05) is 69.6 Å². The summed E-state index contributed by atoms with van der Waals surface area (Å²) in [6, 6.07) is 0. The summed E-state index contributed by atoms with van der Waals surface area (Å²) in [5, 5.41) is 15.7. The maximum Gasteiger partial charge on any atom is 0.356 e. The summed E-state index contributed by atoms with van der Waals surface area (Å²) in [6.45, 7) is 0. The van der Waals surface area contributed by atoms with E-state index in [9.17, 15) is 9.59 Å². The molecule has 0 aromatic heterocycles. The van der Waals surface area contributed by atoms with Crippen molar-refractivity contribution in [3.63, 3.8) is 0 Å². The van der Waals surface area contributed by atoms with Gasteiger partial charge < -0.3 is 10.2 Å². The van der Waals surface area contributed by atoms with Crippen LogP contribution in [0.1, 0.15) is 0 Å². The second-order valence-corrected chi connectivity index (χ2v) is 6.17. The largest absolute Gasteiger partial charge is 0.478 e. The molecule has 0 rings (SSSR count). The minimum atomic E-state index is -2.17. The molecule has 0 atom stereocenters. The monoisotopic (exact) mass is 383 g/mol. The van der Waals surface area contributed by atoms with Crippen molar-refractivity contribution in [3.8, 4) is 0 Å². The normalized spacial score (nSPS) is 10.5. The average Bonchev–Trinajstić information content (AvgIpc) is 1.83. The molecule has 93 valence electrons. The first kappa shape index (κ1) is 21.5. The van der Waals surface area contributed by atoms with Crippen LogP contribution < -0.4 is 0 Å². The number of carboxylic acid groups (broad SMARTS) is 2. The Bertz CT molecular complexity index is 196. The maximum atomic E-state index is 9.62. The number of hydrogen-bond donors (Lipinski definition) is 2. The standard InChI is InChI=1S/2C2HCl3O2.Co/c2*3-2(4,5)1(6)7;/h2*(H,6,7);. The molecule has 4 nitrogen and oxygen atoms in total. The van der Waals surface area contributed by atoms with Crippen molar-refractivity contribution in [2.24, 2.45) is 0 Å². The van der Waals surface area contributed by atoms with Gasteiger partial charge in [0.05, 0.1) is 0 Å². The zero-order valence-electron chi connectivity index (χ0n) is 6.31. The van der Waals surface area contributed by atoms with E-state index in [1.165, 1.54) is 0 Å². The molecule has 0 unspecified atom stereocenters. The topological polar surface area (TPSA) is 74.6 Å². The van der Waals surface area contributed by atoms with E-state index in [2.05, 4.69) is 0 Å². The molecule has 0 saturated heterocycles. The van der Waals surface area contributed by atoms with Gasteiger partial charge in [-0.15, -0.1) is 0 Å². The van der Waals surface area contributed by atoms with Crippen molar-refractivity contribution in [2.45, 2.75) is 7.59 Å². The minimum absolute atomic E-state index is 0. The Morgan fingerprint density at radius 2 is 0.800 bits per heavy atom. The second kappa shape index (κ2) is 8.30. The Morgan fingerprint density at radius 1 is 0.733 bits per heavy atom. The summed E-state index contributed by atoms with van der Waals surface area (Å²) in [5.41, 5.74) is 0. The summed E-state index contributed by atoms with van der Waals surface area (Å²) in [5.74, 6) is -2.92. The predicted octanol–water partition coefficient (Wildman–Crippen LogP) is 2.88. The summed E-state index contributed by atoms with van der Waals surface area (Å²) in [6.07, 6.45) is 0. The zero-order chi connectivity index (χ0) is 12.2. The van der Waals surface area contributed by atoms with Crippen molar-refractivity contribution in [1.82, 2.24) is 0 Å². The van der Waals surface area contributed by atoms with E-state index in [0.29, 0.717) is 0 Å². The van der Waals surface area contributed by atoms with E-state index in [1.807, 2.05) is 0 Å². The molecule has 1 radical (unpaired) electrons. The molecule has 15 heavy (non-hydrogen) atoms. The van der Waals surface area contributed by atoms with Crippen LogP contribution in [0.25, 0.3) is 0 Å². The average molecular weight is 386 g/mol. The quantitative estimate of drug-likeness (QED) is 0.629. The van der Waals surface area contributed by atoms with Gasteiger partial charge in [0.1, 0.15) is 0 Å². The molecular formula is C4H2Cl6CoO4. The summed E-state index contributed by atoms with van der Waals surface area (Å²) >= 11 is 28.8. The van der Waals surface area contributed by atoms with Crippen molar-refractivity contribution >= 4 is 81.5 Å². The third kappa shape index (κ3) is 15.2. The van der Waals surface area contributed by atoms with Gasteiger partial charge >= 0.3 is 11.9 Å². The number of hydrogen-bond acceptors (Lipinski definition) is 2. The third-order valence-corrected chi connectivity index (χ3v) is 1.46. The minimum Gasteiger partial charge on any atom is -0.478 e. The predicted molar refractivity (Wildman–Crippen MR) is 55.9 cm³/mol. The van der Waals surface area contributed by atoms with Crippen molar-refractivity contribution in [3.05, 3.63) is 0 Å². The Balaban J connectivity index is -0.000000180. The fraction of sp³-hybridized carbons (Fsp3) is 0.500. The molecule has 0 spiro atoms. The first-order chi connectivity index (χ1) is 5.89. The molecule has 0 aromatic carbocycles. The van der Waals surface area contributed by atoms with E-state index in [0.717, 1.165) is 0 Å². The first-order valence-corrected chi connectivity index (χ1v) is 4.76. The molecule has 11 heteroatoms. The van der Waals surface area contributed by atoms with Crippen LogP contribution in [0.3, 0.4) is 0 Å². The van der Waals surface area contributed by atoms with Crippen LogP contribution in [-0.4, -0.2) is 29.7 Å². The molecule has 0 aliphatic heterocycles. The Labute approximate surface area is 125 Å². The van der Waals surface area contributed by atoms with Gasteiger partial charge in [-0.3, -0.25) is 0 Å². The van der Waals surface area contributed by atoms with Gasteiger partial charge in [0.15, 0.2) is 0 Å². The van der Waals surface area contributed by atoms with Crippen LogP contribution >= 0.6 is 69.6 Å². The van der Waals surface area contributed by atoms with Crippen LogP contribution in [0.4, 0.5) is 0 Å². The van der Waals surface area contributed by atoms with Gasteiger partial charge in [-0.05, 0) is 0 Å². The number of carboxylic acids is 2. The number of rotatable bonds is 0. The molecule has 0 aliphatic carbocycles. The first-order valence-electron chi connectivity index (χ1n) is 2.49. The third-order valence-electron chi connectivity index (χ3n) is 0.485. The van der Waals surface area contributed by atoms with E-state index >= 15 is 0 Å². The van der Waals surface area contributed by atoms with Crippen LogP contribution in [0.15, 0.2) is 0 Å². The Morgan fingerprint density at radius 3 is 0.800 bits per heavy atom. The van der Waals surface area contributed by atoms with Crippen molar-refractivity contribution in [2.75, 3.05) is 0 Å². The number of alkyl halides is 6. The number of aliphatic carboxylic acids is 2. The van der Waals surface area contributed by atoms with E-state index < -0.39 is 19.5 Å². The van der Waals surface area contributed by atoms with Crippen LogP contribution in [-0.2, 0) is 26.4 Å².